The molecule has 10 nitrogen and oxygen atoms in total. The van der Waals surface area contributed by atoms with Gasteiger partial charge in [0.2, 0.25) is 23.4 Å². The van der Waals surface area contributed by atoms with E-state index in [1.807, 2.05) is 0 Å². The summed E-state index contributed by atoms with van der Waals surface area (Å²) >= 11 is 1.26. The third-order valence-corrected chi connectivity index (χ3v) is 7.13. The predicted molar refractivity (Wildman–Crippen MR) is 115 cm³/mol. The number of carbonyl (C=O) groups excluding carboxylic acids is 4. The third-order valence-electron chi connectivity index (χ3n) is 5.48. The summed E-state index contributed by atoms with van der Waals surface area (Å²) in [5.74, 6) is -1.87. The van der Waals surface area contributed by atoms with Gasteiger partial charge >= 0.3 is 18.0 Å². The number of carbonyl (C=O) groups is 4. The van der Waals surface area contributed by atoms with Gasteiger partial charge in [-0.3, -0.25) is 4.79 Å². The minimum atomic E-state index is -1.12. The minimum absolute atomic E-state index is 0.0321. The van der Waals surface area contributed by atoms with Crippen LogP contribution in [0.1, 0.15) is 39.3 Å². The first kappa shape index (κ1) is 24.0. The quantitative estimate of drug-likeness (QED) is 0.347. The molecule has 3 rings (SSSR count). The van der Waals surface area contributed by atoms with Gasteiger partial charge in [0, 0.05) is 0 Å². The summed E-state index contributed by atoms with van der Waals surface area (Å²) in [5, 5.41) is 1.90. The summed E-state index contributed by atoms with van der Waals surface area (Å²) in [5.41, 5.74) is 6.64. The highest BCUT2D eigenvalue weighted by atomic mass is 32.2. The lowest BCUT2D eigenvalue weighted by Gasteiger charge is -2.46. The molecule has 2 fully saturated rings. The van der Waals surface area contributed by atoms with Crippen molar-refractivity contribution >= 4 is 35.7 Å². The number of benzene rings is 1. The maximum atomic E-state index is 13.4. The van der Waals surface area contributed by atoms with E-state index in [4.69, 9.17) is 20.0 Å². The summed E-state index contributed by atoms with van der Waals surface area (Å²) in [4.78, 5) is 56.6. The van der Waals surface area contributed by atoms with E-state index in [0.29, 0.717) is 5.56 Å². The van der Waals surface area contributed by atoms with Crippen molar-refractivity contribution in [3.05, 3.63) is 35.9 Å². The lowest BCUT2D eigenvalue weighted by atomic mass is 9.94. The van der Waals surface area contributed by atoms with E-state index in [1.54, 1.807) is 58.0 Å². The summed E-state index contributed by atoms with van der Waals surface area (Å²) in [6.45, 7) is 6.88. The maximum absolute atomic E-state index is 13.4. The fraction of sp³-hybridized carbons (Fsp3) is 0.524. The van der Waals surface area contributed by atoms with Crippen LogP contribution in [-0.2, 0) is 28.7 Å². The molecule has 0 saturated carbocycles. The van der Waals surface area contributed by atoms with E-state index in [0.717, 1.165) is 0 Å². The lowest BCUT2D eigenvalue weighted by Crippen LogP contribution is -2.82. The number of nitrogens with two attached hydrogens (primary N) is 1. The van der Waals surface area contributed by atoms with E-state index in [9.17, 15) is 19.2 Å². The van der Waals surface area contributed by atoms with E-state index < -0.39 is 56.8 Å². The number of rotatable bonds is 7. The fourth-order valence-electron chi connectivity index (χ4n) is 4.13. The van der Waals surface area contributed by atoms with Crippen molar-refractivity contribution in [1.29, 1.82) is 0 Å². The summed E-state index contributed by atoms with van der Waals surface area (Å²) in [7, 11) is 0. The van der Waals surface area contributed by atoms with Crippen molar-refractivity contribution < 1.29 is 38.1 Å². The Labute approximate surface area is 190 Å². The fourth-order valence-corrected chi connectivity index (χ4v) is 5.88. The molecule has 174 valence electrons. The van der Waals surface area contributed by atoms with Crippen molar-refractivity contribution in [1.82, 2.24) is 5.32 Å². The zero-order valence-electron chi connectivity index (χ0n) is 18.4. The van der Waals surface area contributed by atoms with Crippen LogP contribution in [0.3, 0.4) is 0 Å². The van der Waals surface area contributed by atoms with Crippen LogP contribution < -0.4 is 11.1 Å². The van der Waals surface area contributed by atoms with Gasteiger partial charge in [0.15, 0.2) is 0 Å². The normalized spacial score (nSPS) is 28.7. The molecule has 1 unspecified atom stereocenters. The second kappa shape index (κ2) is 9.08. The summed E-state index contributed by atoms with van der Waals surface area (Å²) in [6, 6.07) is 5.62. The molecule has 2 saturated heterocycles. The average Bonchev–Trinajstić information content (AvgIpc) is 2.96. The van der Waals surface area contributed by atoms with E-state index >= 15 is 0 Å². The van der Waals surface area contributed by atoms with Crippen molar-refractivity contribution in [2.24, 2.45) is 5.73 Å². The first-order valence-corrected chi connectivity index (χ1v) is 11.2. The van der Waals surface area contributed by atoms with Crippen molar-refractivity contribution in [2.45, 2.75) is 55.9 Å². The van der Waals surface area contributed by atoms with Gasteiger partial charge in [-0.05, 0) is 37.9 Å². The van der Waals surface area contributed by atoms with E-state index in [1.165, 1.54) is 11.8 Å². The smallest absolute Gasteiger partial charge is 0.461 e. The van der Waals surface area contributed by atoms with Gasteiger partial charge in [-0.2, -0.15) is 4.79 Å². The number of nitrogens with zero attached hydrogens (tertiary/aromatic N) is 1. The highest BCUT2D eigenvalue weighted by Crippen LogP contribution is 2.57. The van der Waals surface area contributed by atoms with Crippen LogP contribution in [0.25, 0.3) is 0 Å². The SMILES string of the molecule is CCOC(=O)O[N+]12C(=O)[C@@H](NC(=O)[C@H](N)c3ccccc3)[C@H]1SC(C)(C)[C@@H]2C(=O)OCC. The first-order chi connectivity index (χ1) is 15.1. The van der Waals surface area contributed by atoms with Gasteiger partial charge < -0.3 is 20.5 Å². The number of β-lactam (4-membered cyclic amide) rings is 1. The molecule has 0 bridgehead atoms. The van der Waals surface area contributed by atoms with Crippen molar-refractivity contribution in [3.8, 4) is 0 Å². The summed E-state index contributed by atoms with van der Waals surface area (Å²) in [6.07, 6.45) is -1.08. The molecule has 0 radical (unpaired) electrons. The number of hydrogen-bond donors (Lipinski definition) is 2. The number of hydroxylamine groups is 3. The number of nitrogens with one attached hydrogen (secondary N) is 1. The Hall–Kier alpha value is -2.63. The zero-order chi connectivity index (χ0) is 23.7. The molecule has 2 amide bonds. The molecule has 0 aromatic heterocycles. The van der Waals surface area contributed by atoms with Crippen LogP contribution in [0.5, 0.6) is 0 Å². The Morgan fingerprint density at radius 3 is 2.38 bits per heavy atom. The highest BCUT2D eigenvalue weighted by Gasteiger charge is 2.83. The van der Waals surface area contributed by atoms with Crippen LogP contribution in [0, 0.1) is 0 Å². The maximum Gasteiger partial charge on any atom is 0.560 e. The van der Waals surface area contributed by atoms with Crippen LogP contribution in [0.15, 0.2) is 30.3 Å². The number of hydrogen-bond acceptors (Lipinski definition) is 9. The lowest BCUT2D eigenvalue weighted by molar-refractivity contribution is -1.06. The predicted octanol–water partition coefficient (Wildman–Crippen LogP) is 1.40. The Kier molecular flexibility index (Phi) is 6.82. The third kappa shape index (κ3) is 3.96. The number of esters is 1. The Balaban J connectivity index is 1.89. The molecule has 0 spiro atoms. The first-order valence-electron chi connectivity index (χ1n) is 10.3. The Morgan fingerprint density at radius 1 is 1.16 bits per heavy atom. The molecule has 3 N–H and O–H groups in total. The molecule has 2 aliphatic heterocycles. The topological polar surface area (TPSA) is 134 Å². The van der Waals surface area contributed by atoms with Crippen LogP contribution in [-0.4, -0.2) is 64.0 Å². The van der Waals surface area contributed by atoms with Gasteiger partial charge in [-0.1, -0.05) is 42.1 Å². The molecule has 1 aromatic rings. The molecular weight excluding hydrogens is 438 g/mol. The number of thioether (sulfide) groups is 1. The molecule has 0 aliphatic carbocycles. The van der Waals surface area contributed by atoms with E-state index in [-0.39, 0.29) is 13.2 Å². The van der Waals surface area contributed by atoms with Crippen LogP contribution in [0.2, 0.25) is 0 Å². The Morgan fingerprint density at radius 2 is 1.78 bits per heavy atom. The standard InChI is InChI=1S/C21H27N3O7S/c1-5-29-19(27)15-21(3,4)32-18-14(17(26)24(15,18)31-20(28)30-6-2)23-16(25)13(22)12-10-8-7-9-11-12/h7-11,13-15,18H,5-6,22H2,1-4H3/p+1/t13-,14-,15+,18-,24?/m1/s1. The summed E-state index contributed by atoms with van der Waals surface area (Å²) < 4.78 is 8.29. The zero-order valence-corrected chi connectivity index (χ0v) is 19.2. The van der Waals surface area contributed by atoms with Gasteiger partial charge in [0.05, 0.1) is 18.0 Å². The number of ether oxygens (including phenoxy) is 2. The van der Waals surface area contributed by atoms with Crippen LogP contribution >= 0.6 is 11.8 Å². The monoisotopic (exact) mass is 466 g/mol. The van der Waals surface area contributed by atoms with Gasteiger partial charge in [0.1, 0.15) is 6.04 Å². The highest BCUT2D eigenvalue weighted by molar-refractivity contribution is 8.01. The molecule has 2 aliphatic rings. The number of amides is 2. The molecule has 11 heteroatoms. The van der Waals surface area contributed by atoms with Gasteiger partial charge in [-0.25, -0.2) is 14.4 Å². The van der Waals surface area contributed by atoms with Gasteiger partial charge in [-0.15, -0.1) is 0 Å². The minimum Gasteiger partial charge on any atom is -0.461 e. The second-order valence-corrected chi connectivity index (χ2v) is 9.73. The second-order valence-electron chi connectivity index (χ2n) is 7.96. The molecule has 2 heterocycles. The van der Waals surface area contributed by atoms with Crippen molar-refractivity contribution in [3.63, 3.8) is 0 Å². The van der Waals surface area contributed by atoms with Gasteiger partial charge in [0.25, 0.3) is 0 Å². The largest absolute Gasteiger partial charge is 0.560 e. The number of fused-ring (bicyclic) bond motifs is 1. The molecule has 1 aromatic carbocycles. The van der Waals surface area contributed by atoms with E-state index in [2.05, 4.69) is 5.32 Å². The number of quaternary nitrogens is 1. The van der Waals surface area contributed by atoms with Crippen LogP contribution in [0.4, 0.5) is 4.79 Å². The molecule has 32 heavy (non-hydrogen) atoms. The Bertz CT molecular complexity index is 910. The molecular formula is C21H28N3O7S+. The molecule has 5 atom stereocenters. The van der Waals surface area contributed by atoms with Crippen molar-refractivity contribution in [2.75, 3.05) is 13.2 Å². The average molecular weight is 467 g/mol.